The molecule has 3 heterocycles. The molecule has 2 aromatic rings. The summed E-state index contributed by atoms with van der Waals surface area (Å²) in [7, 11) is 0. The van der Waals surface area contributed by atoms with E-state index >= 15 is 0 Å². The number of aryl methyl sites for hydroxylation is 2. The predicted octanol–water partition coefficient (Wildman–Crippen LogP) is 2.84. The molecule has 1 aromatic carbocycles. The van der Waals surface area contributed by atoms with E-state index in [0.717, 1.165) is 36.5 Å². The summed E-state index contributed by atoms with van der Waals surface area (Å²) < 4.78 is 5.37. The van der Waals surface area contributed by atoms with Crippen molar-refractivity contribution in [2.45, 2.75) is 26.7 Å². The Hall–Kier alpha value is -2.47. The zero-order valence-electron chi connectivity index (χ0n) is 16.7. The van der Waals surface area contributed by atoms with Crippen LogP contribution in [0.25, 0.3) is 11.3 Å². The van der Waals surface area contributed by atoms with E-state index in [1.54, 1.807) is 0 Å². The highest BCUT2D eigenvalue weighted by atomic mass is 16.5. The van der Waals surface area contributed by atoms with Crippen LogP contribution in [0.2, 0.25) is 0 Å². The minimum absolute atomic E-state index is 0.0353. The number of benzene rings is 1. The number of aromatic nitrogens is 2. The average Bonchev–Trinajstić information content (AvgIpc) is 2.76. The van der Waals surface area contributed by atoms with Gasteiger partial charge in [0.2, 0.25) is 5.91 Å². The smallest absolute Gasteiger partial charge is 0.227 e. The summed E-state index contributed by atoms with van der Waals surface area (Å²) >= 11 is 0. The van der Waals surface area contributed by atoms with E-state index in [0.29, 0.717) is 32.8 Å². The third kappa shape index (κ3) is 4.02. The molecule has 148 valence electrons. The van der Waals surface area contributed by atoms with Crippen LogP contribution in [0.15, 0.2) is 30.3 Å². The predicted molar refractivity (Wildman–Crippen MR) is 109 cm³/mol. The highest BCUT2D eigenvalue weighted by Crippen LogP contribution is 2.25. The zero-order valence-corrected chi connectivity index (χ0v) is 16.7. The molecule has 0 spiro atoms. The number of rotatable bonds is 3. The number of carbonyl (C=O) groups is 1. The molecular formula is C22H28N4O2. The average molecular weight is 380 g/mol. The lowest BCUT2D eigenvalue weighted by Crippen LogP contribution is -2.48. The van der Waals surface area contributed by atoms with Crippen LogP contribution in [-0.4, -0.2) is 60.4 Å². The normalized spacial score (nSPS) is 20.3. The van der Waals surface area contributed by atoms with Crippen LogP contribution >= 0.6 is 0 Å². The Kier molecular flexibility index (Phi) is 5.57. The molecule has 0 N–H and O–H groups in total. The number of piperidine rings is 1. The molecule has 0 aliphatic carbocycles. The zero-order chi connectivity index (χ0) is 19.5. The Balaban J connectivity index is 1.44. The van der Waals surface area contributed by atoms with Gasteiger partial charge in [-0.15, -0.1) is 10.2 Å². The molecule has 0 unspecified atom stereocenters. The summed E-state index contributed by atoms with van der Waals surface area (Å²) in [6.45, 7) is 8.57. The van der Waals surface area contributed by atoms with Crippen LogP contribution < -0.4 is 4.90 Å². The molecule has 2 aliphatic rings. The number of amides is 1. The number of morpholine rings is 1. The molecule has 6 heteroatoms. The van der Waals surface area contributed by atoms with Gasteiger partial charge in [0.15, 0.2) is 5.82 Å². The van der Waals surface area contributed by atoms with Crippen LogP contribution in [0.3, 0.4) is 0 Å². The van der Waals surface area contributed by atoms with E-state index in [1.807, 2.05) is 17.0 Å². The molecule has 6 nitrogen and oxygen atoms in total. The van der Waals surface area contributed by atoms with Gasteiger partial charge in [0.05, 0.1) is 24.8 Å². The second-order valence-corrected chi connectivity index (χ2v) is 7.80. The Morgan fingerprint density at radius 2 is 1.86 bits per heavy atom. The Bertz CT molecular complexity index is 831. The molecular weight excluding hydrogens is 352 g/mol. The van der Waals surface area contributed by atoms with Crippen molar-refractivity contribution in [3.05, 3.63) is 41.5 Å². The molecule has 4 rings (SSSR count). The molecule has 1 amide bonds. The van der Waals surface area contributed by atoms with E-state index in [9.17, 15) is 4.79 Å². The lowest BCUT2D eigenvalue weighted by molar-refractivity contribution is -0.139. The van der Waals surface area contributed by atoms with Crippen LogP contribution in [0.5, 0.6) is 0 Å². The van der Waals surface area contributed by atoms with E-state index in [2.05, 4.69) is 47.1 Å². The molecule has 1 atom stereocenters. The standard InChI is InChI=1S/C22H28N4O2/c1-16-5-6-18(14-17(16)2)20-7-8-21(24-23-20)26-9-3-4-19(15-26)22(27)25-10-12-28-13-11-25/h5-8,14,19H,3-4,9-13,15H2,1-2H3/t19-/m1/s1. The number of ether oxygens (including phenoxy) is 1. The van der Waals surface area contributed by atoms with E-state index in [1.165, 1.54) is 11.1 Å². The summed E-state index contributed by atoms with van der Waals surface area (Å²) in [6, 6.07) is 10.4. The van der Waals surface area contributed by atoms with Gasteiger partial charge in [-0.05, 0) is 56.0 Å². The van der Waals surface area contributed by atoms with Crippen molar-refractivity contribution in [2.75, 3.05) is 44.3 Å². The van der Waals surface area contributed by atoms with Gasteiger partial charge in [-0.1, -0.05) is 12.1 Å². The van der Waals surface area contributed by atoms with E-state index in [-0.39, 0.29) is 11.8 Å². The maximum Gasteiger partial charge on any atom is 0.227 e. The van der Waals surface area contributed by atoms with Crippen molar-refractivity contribution in [2.24, 2.45) is 5.92 Å². The third-order valence-corrected chi connectivity index (χ3v) is 5.87. The van der Waals surface area contributed by atoms with Gasteiger partial charge in [-0.25, -0.2) is 0 Å². The largest absolute Gasteiger partial charge is 0.378 e. The molecule has 0 radical (unpaired) electrons. The quantitative estimate of drug-likeness (QED) is 0.820. The number of anilines is 1. The van der Waals surface area contributed by atoms with Gasteiger partial charge in [0, 0.05) is 31.7 Å². The number of nitrogens with zero attached hydrogens (tertiary/aromatic N) is 4. The maximum absolute atomic E-state index is 12.8. The molecule has 2 fully saturated rings. The van der Waals surface area contributed by atoms with Gasteiger partial charge in [-0.3, -0.25) is 4.79 Å². The summed E-state index contributed by atoms with van der Waals surface area (Å²) in [5, 5.41) is 8.92. The maximum atomic E-state index is 12.8. The molecule has 1 aromatic heterocycles. The lowest BCUT2D eigenvalue weighted by Gasteiger charge is -2.36. The first kappa shape index (κ1) is 18.9. The third-order valence-electron chi connectivity index (χ3n) is 5.87. The van der Waals surface area contributed by atoms with Crippen molar-refractivity contribution >= 4 is 11.7 Å². The Labute approximate surface area is 166 Å². The fourth-order valence-corrected chi connectivity index (χ4v) is 3.98. The lowest BCUT2D eigenvalue weighted by atomic mass is 9.96. The minimum atomic E-state index is 0.0353. The number of carbonyl (C=O) groups excluding carboxylic acids is 1. The molecule has 0 saturated carbocycles. The van der Waals surface area contributed by atoms with Crippen molar-refractivity contribution in [1.82, 2.24) is 15.1 Å². The first-order valence-electron chi connectivity index (χ1n) is 10.1. The van der Waals surface area contributed by atoms with Crippen LogP contribution in [0.1, 0.15) is 24.0 Å². The van der Waals surface area contributed by atoms with Gasteiger partial charge < -0.3 is 14.5 Å². The summed E-state index contributed by atoms with van der Waals surface area (Å²) in [5.41, 5.74) is 4.49. The van der Waals surface area contributed by atoms with Gasteiger partial charge in [0.1, 0.15) is 0 Å². The van der Waals surface area contributed by atoms with Crippen molar-refractivity contribution in [1.29, 1.82) is 0 Å². The van der Waals surface area contributed by atoms with Gasteiger partial charge in [-0.2, -0.15) is 0 Å². The second-order valence-electron chi connectivity index (χ2n) is 7.80. The summed E-state index contributed by atoms with van der Waals surface area (Å²) in [6.07, 6.45) is 1.95. The van der Waals surface area contributed by atoms with Crippen molar-refractivity contribution in [3.8, 4) is 11.3 Å². The van der Waals surface area contributed by atoms with Crippen LogP contribution in [-0.2, 0) is 9.53 Å². The topological polar surface area (TPSA) is 58.6 Å². The molecule has 2 saturated heterocycles. The van der Waals surface area contributed by atoms with Crippen molar-refractivity contribution < 1.29 is 9.53 Å². The Morgan fingerprint density at radius 3 is 2.57 bits per heavy atom. The first-order chi connectivity index (χ1) is 13.6. The highest BCUT2D eigenvalue weighted by molar-refractivity contribution is 5.80. The van der Waals surface area contributed by atoms with Gasteiger partial charge in [0.25, 0.3) is 0 Å². The Morgan fingerprint density at radius 1 is 1.04 bits per heavy atom. The molecule has 2 aliphatic heterocycles. The SMILES string of the molecule is Cc1ccc(-c2ccc(N3CCC[C@@H](C(=O)N4CCOCC4)C3)nn2)cc1C. The first-order valence-corrected chi connectivity index (χ1v) is 10.1. The fourth-order valence-electron chi connectivity index (χ4n) is 3.98. The minimum Gasteiger partial charge on any atom is -0.378 e. The monoisotopic (exact) mass is 380 g/mol. The van der Waals surface area contributed by atoms with E-state index < -0.39 is 0 Å². The summed E-state index contributed by atoms with van der Waals surface area (Å²) in [5.74, 6) is 1.15. The summed E-state index contributed by atoms with van der Waals surface area (Å²) in [4.78, 5) is 17.0. The van der Waals surface area contributed by atoms with Crippen LogP contribution in [0, 0.1) is 19.8 Å². The van der Waals surface area contributed by atoms with Gasteiger partial charge >= 0.3 is 0 Å². The van der Waals surface area contributed by atoms with E-state index in [4.69, 9.17) is 4.74 Å². The highest BCUT2D eigenvalue weighted by Gasteiger charge is 2.30. The molecule has 28 heavy (non-hydrogen) atoms. The number of hydrogen-bond acceptors (Lipinski definition) is 5. The molecule has 0 bridgehead atoms. The number of hydrogen-bond donors (Lipinski definition) is 0. The van der Waals surface area contributed by atoms with Crippen molar-refractivity contribution in [3.63, 3.8) is 0 Å². The second kappa shape index (κ2) is 8.27. The van der Waals surface area contributed by atoms with Crippen LogP contribution in [0.4, 0.5) is 5.82 Å². The fraction of sp³-hybridized carbons (Fsp3) is 0.500.